The lowest BCUT2D eigenvalue weighted by molar-refractivity contribution is 0.0976. The zero-order valence-corrected chi connectivity index (χ0v) is 5.46. The maximum Gasteiger partial charge on any atom is 0.0706 e. The minimum Gasteiger partial charge on any atom is -0.391 e. The molecule has 0 aromatic carbocycles. The normalized spacial score (nSPS) is 45.0. The standard InChI is InChI=1S/C6H14N2O/c7-4-2-1-3-5(9)6(4)8/h4-6,9H,1-3,7-8H2/t4-,5-,6+/m0/s1. The molecule has 0 aromatic heterocycles. The maximum atomic E-state index is 9.14. The second-order valence-corrected chi connectivity index (χ2v) is 2.74. The molecule has 3 nitrogen and oxygen atoms in total. The molecule has 0 amide bonds. The summed E-state index contributed by atoms with van der Waals surface area (Å²) >= 11 is 0. The van der Waals surface area contributed by atoms with Gasteiger partial charge in [-0.05, 0) is 19.3 Å². The van der Waals surface area contributed by atoms with E-state index in [2.05, 4.69) is 0 Å². The van der Waals surface area contributed by atoms with E-state index < -0.39 is 0 Å². The van der Waals surface area contributed by atoms with Crippen molar-refractivity contribution in [3.63, 3.8) is 0 Å². The number of aliphatic hydroxyl groups excluding tert-OH is 1. The molecular weight excluding hydrogens is 116 g/mol. The Kier molecular flexibility index (Phi) is 2.05. The van der Waals surface area contributed by atoms with Crippen LogP contribution in [0.25, 0.3) is 0 Å². The van der Waals surface area contributed by atoms with Crippen molar-refractivity contribution >= 4 is 0 Å². The first-order valence-electron chi connectivity index (χ1n) is 3.41. The molecule has 1 aliphatic carbocycles. The van der Waals surface area contributed by atoms with Crippen LogP contribution < -0.4 is 11.5 Å². The van der Waals surface area contributed by atoms with E-state index in [0.717, 1.165) is 19.3 Å². The molecule has 3 atom stereocenters. The number of nitrogens with two attached hydrogens (primary N) is 2. The topological polar surface area (TPSA) is 72.3 Å². The Hall–Kier alpha value is -0.120. The summed E-state index contributed by atoms with van der Waals surface area (Å²) in [5, 5.41) is 9.14. The largest absolute Gasteiger partial charge is 0.391 e. The van der Waals surface area contributed by atoms with Crippen molar-refractivity contribution in [3.05, 3.63) is 0 Å². The molecule has 1 aliphatic rings. The van der Waals surface area contributed by atoms with Gasteiger partial charge in [0.1, 0.15) is 0 Å². The lowest BCUT2D eigenvalue weighted by Crippen LogP contribution is -2.51. The first kappa shape index (κ1) is 6.99. The summed E-state index contributed by atoms with van der Waals surface area (Å²) in [4.78, 5) is 0. The fraction of sp³-hybridized carbons (Fsp3) is 1.00. The molecule has 0 radical (unpaired) electrons. The van der Waals surface area contributed by atoms with Crippen LogP contribution >= 0.6 is 0 Å². The summed E-state index contributed by atoms with van der Waals surface area (Å²) < 4.78 is 0. The van der Waals surface area contributed by atoms with Crippen LogP contribution in [0.5, 0.6) is 0 Å². The third kappa shape index (κ3) is 1.41. The van der Waals surface area contributed by atoms with Gasteiger partial charge >= 0.3 is 0 Å². The lowest BCUT2D eigenvalue weighted by atomic mass is 9.89. The molecule has 5 N–H and O–H groups in total. The van der Waals surface area contributed by atoms with Crippen LogP contribution in [0.4, 0.5) is 0 Å². The van der Waals surface area contributed by atoms with Crippen LogP contribution in [-0.4, -0.2) is 23.3 Å². The fourth-order valence-electron chi connectivity index (χ4n) is 1.23. The number of hydrogen-bond donors (Lipinski definition) is 3. The van der Waals surface area contributed by atoms with Crippen molar-refractivity contribution in [1.82, 2.24) is 0 Å². The summed E-state index contributed by atoms with van der Waals surface area (Å²) in [6, 6.07) is -0.188. The van der Waals surface area contributed by atoms with Gasteiger partial charge in [-0.1, -0.05) is 0 Å². The highest BCUT2D eigenvalue weighted by Crippen LogP contribution is 2.15. The molecule has 0 unspecified atom stereocenters. The molecule has 54 valence electrons. The van der Waals surface area contributed by atoms with Crippen LogP contribution in [0.1, 0.15) is 19.3 Å². The third-order valence-electron chi connectivity index (χ3n) is 1.98. The SMILES string of the molecule is N[C@@H]1[C@@H](N)CCC[C@@H]1O. The van der Waals surface area contributed by atoms with E-state index in [0.29, 0.717) is 0 Å². The van der Waals surface area contributed by atoms with Crippen molar-refractivity contribution in [2.45, 2.75) is 37.5 Å². The van der Waals surface area contributed by atoms with Gasteiger partial charge in [-0.25, -0.2) is 0 Å². The fourth-order valence-corrected chi connectivity index (χ4v) is 1.23. The molecule has 9 heavy (non-hydrogen) atoms. The number of aliphatic hydroxyl groups is 1. The molecule has 1 saturated carbocycles. The average molecular weight is 130 g/mol. The molecule has 0 saturated heterocycles. The first-order chi connectivity index (χ1) is 4.22. The Bertz CT molecular complexity index is 87.1. The number of hydrogen-bond acceptors (Lipinski definition) is 3. The lowest BCUT2D eigenvalue weighted by Gasteiger charge is -2.29. The van der Waals surface area contributed by atoms with E-state index in [1.54, 1.807) is 0 Å². The molecule has 0 heterocycles. The monoisotopic (exact) mass is 130 g/mol. The van der Waals surface area contributed by atoms with Crippen molar-refractivity contribution in [3.8, 4) is 0 Å². The Balaban J connectivity index is 2.41. The van der Waals surface area contributed by atoms with E-state index >= 15 is 0 Å². The minimum absolute atomic E-state index is 0.00810. The maximum absolute atomic E-state index is 9.14. The van der Waals surface area contributed by atoms with Crippen molar-refractivity contribution in [2.24, 2.45) is 11.5 Å². The molecule has 0 bridgehead atoms. The van der Waals surface area contributed by atoms with Crippen LogP contribution in [0.3, 0.4) is 0 Å². The second-order valence-electron chi connectivity index (χ2n) is 2.74. The Morgan fingerprint density at radius 2 is 1.89 bits per heavy atom. The third-order valence-corrected chi connectivity index (χ3v) is 1.98. The van der Waals surface area contributed by atoms with Gasteiger partial charge in [-0.3, -0.25) is 0 Å². The quantitative estimate of drug-likeness (QED) is 0.401. The van der Waals surface area contributed by atoms with Crippen LogP contribution in [0.2, 0.25) is 0 Å². The predicted molar refractivity (Wildman–Crippen MR) is 35.8 cm³/mol. The Labute approximate surface area is 55.0 Å². The van der Waals surface area contributed by atoms with Gasteiger partial charge in [-0.15, -0.1) is 0 Å². The van der Waals surface area contributed by atoms with Crippen molar-refractivity contribution < 1.29 is 5.11 Å². The van der Waals surface area contributed by atoms with Crippen LogP contribution in [-0.2, 0) is 0 Å². The van der Waals surface area contributed by atoms with E-state index in [1.165, 1.54) is 0 Å². The zero-order chi connectivity index (χ0) is 6.85. The minimum atomic E-state index is -0.367. The van der Waals surface area contributed by atoms with E-state index in [1.807, 2.05) is 0 Å². The molecule has 1 rings (SSSR count). The first-order valence-corrected chi connectivity index (χ1v) is 3.41. The van der Waals surface area contributed by atoms with Crippen molar-refractivity contribution in [1.29, 1.82) is 0 Å². The summed E-state index contributed by atoms with van der Waals surface area (Å²) in [5.41, 5.74) is 11.1. The molecule has 0 aliphatic heterocycles. The van der Waals surface area contributed by atoms with Gasteiger partial charge in [0.05, 0.1) is 6.10 Å². The predicted octanol–water partition coefficient (Wildman–Crippen LogP) is -0.814. The molecule has 0 aromatic rings. The summed E-state index contributed by atoms with van der Waals surface area (Å²) in [5.74, 6) is 0. The average Bonchev–Trinajstić information content (AvgIpc) is 1.83. The summed E-state index contributed by atoms with van der Waals surface area (Å²) in [6.07, 6.45) is 2.41. The Morgan fingerprint density at radius 1 is 1.22 bits per heavy atom. The van der Waals surface area contributed by atoms with Gasteiger partial charge in [0.2, 0.25) is 0 Å². The Morgan fingerprint density at radius 3 is 2.33 bits per heavy atom. The summed E-state index contributed by atoms with van der Waals surface area (Å²) in [7, 11) is 0. The highest BCUT2D eigenvalue weighted by Gasteiger charge is 2.25. The van der Waals surface area contributed by atoms with Crippen molar-refractivity contribution in [2.75, 3.05) is 0 Å². The van der Waals surface area contributed by atoms with Gasteiger partial charge in [0, 0.05) is 12.1 Å². The van der Waals surface area contributed by atoms with E-state index in [9.17, 15) is 0 Å². The van der Waals surface area contributed by atoms with Crippen LogP contribution in [0, 0.1) is 0 Å². The van der Waals surface area contributed by atoms with Gasteiger partial charge in [-0.2, -0.15) is 0 Å². The second kappa shape index (κ2) is 2.64. The molecule has 1 fully saturated rings. The van der Waals surface area contributed by atoms with Gasteiger partial charge in [0.25, 0.3) is 0 Å². The van der Waals surface area contributed by atoms with Gasteiger partial charge < -0.3 is 16.6 Å². The smallest absolute Gasteiger partial charge is 0.0706 e. The molecule has 3 heteroatoms. The molecule has 0 spiro atoms. The highest BCUT2D eigenvalue weighted by molar-refractivity contribution is 4.86. The molecular formula is C6H14N2O. The summed E-state index contributed by atoms with van der Waals surface area (Å²) in [6.45, 7) is 0. The highest BCUT2D eigenvalue weighted by atomic mass is 16.3. The zero-order valence-electron chi connectivity index (χ0n) is 5.46. The van der Waals surface area contributed by atoms with E-state index in [-0.39, 0.29) is 18.2 Å². The number of rotatable bonds is 0. The van der Waals surface area contributed by atoms with Gasteiger partial charge in [0.15, 0.2) is 0 Å². The van der Waals surface area contributed by atoms with Crippen LogP contribution in [0.15, 0.2) is 0 Å². The van der Waals surface area contributed by atoms with E-state index in [4.69, 9.17) is 16.6 Å².